The molecule has 1 unspecified atom stereocenters. The number of nitrogens with one attached hydrogen (secondary N) is 1. The number of aromatic nitrogens is 2. The van der Waals surface area contributed by atoms with Gasteiger partial charge in [0.2, 0.25) is 5.91 Å². The maximum atomic E-state index is 12.6. The van der Waals surface area contributed by atoms with Crippen molar-refractivity contribution in [1.29, 1.82) is 0 Å². The molecule has 2 aromatic carbocycles. The first-order chi connectivity index (χ1) is 14.6. The summed E-state index contributed by atoms with van der Waals surface area (Å²) >= 11 is 0. The SMILES string of the molecule is Cc1nn(CC(=O)NCC2CN(Cc3ccccc3)CCO2)c(=O)c2ccccc12. The van der Waals surface area contributed by atoms with E-state index in [1.807, 2.05) is 43.3 Å². The van der Waals surface area contributed by atoms with E-state index in [0.29, 0.717) is 18.5 Å². The van der Waals surface area contributed by atoms with Crippen molar-refractivity contribution < 1.29 is 9.53 Å². The van der Waals surface area contributed by atoms with Gasteiger partial charge in [-0.05, 0) is 18.6 Å². The Morgan fingerprint density at radius 1 is 1.13 bits per heavy atom. The Labute approximate surface area is 175 Å². The molecule has 0 spiro atoms. The zero-order valence-electron chi connectivity index (χ0n) is 17.1. The summed E-state index contributed by atoms with van der Waals surface area (Å²) in [6, 6.07) is 17.6. The Balaban J connectivity index is 1.33. The molecule has 1 N–H and O–H groups in total. The summed E-state index contributed by atoms with van der Waals surface area (Å²) in [6.45, 7) is 5.27. The highest BCUT2D eigenvalue weighted by atomic mass is 16.5. The topological polar surface area (TPSA) is 76.5 Å². The maximum Gasteiger partial charge on any atom is 0.275 e. The van der Waals surface area contributed by atoms with Gasteiger partial charge in [0.25, 0.3) is 5.56 Å². The third-order valence-electron chi connectivity index (χ3n) is 5.34. The largest absolute Gasteiger partial charge is 0.374 e. The lowest BCUT2D eigenvalue weighted by atomic mass is 10.1. The van der Waals surface area contributed by atoms with Crippen LogP contribution in [0.25, 0.3) is 10.8 Å². The fourth-order valence-corrected chi connectivity index (χ4v) is 3.82. The van der Waals surface area contributed by atoms with Crippen molar-refractivity contribution >= 4 is 16.7 Å². The molecule has 156 valence electrons. The number of benzene rings is 2. The van der Waals surface area contributed by atoms with Gasteiger partial charge >= 0.3 is 0 Å². The molecule has 0 bridgehead atoms. The Hall–Kier alpha value is -3.03. The first kappa shape index (κ1) is 20.3. The van der Waals surface area contributed by atoms with Gasteiger partial charge in [0, 0.05) is 31.6 Å². The van der Waals surface area contributed by atoms with Gasteiger partial charge in [-0.3, -0.25) is 14.5 Å². The third-order valence-corrected chi connectivity index (χ3v) is 5.34. The zero-order chi connectivity index (χ0) is 20.9. The number of fused-ring (bicyclic) bond motifs is 1. The van der Waals surface area contributed by atoms with Crippen LogP contribution >= 0.6 is 0 Å². The number of carbonyl (C=O) groups is 1. The quantitative estimate of drug-likeness (QED) is 0.675. The summed E-state index contributed by atoms with van der Waals surface area (Å²) in [4.78, 5) is 27.4. The molecule has 1 aliphatic heterocycles. The van der Waals surface area contributed by atoms with Gasteiger partial charge < -0.3 is 10.1 Å². The normalized spacial score (nSPS) is 17.2. The van der Waals surface area contributed by atoms with E-state index >= 15 is 0 Å². The van der Waals surface area contributed by atoms with Crippen molar-refractivity contribution in [3.05, 3.63) is 76.2 Å². The lowest BCUT2D eigenvalue weighted by Crippen LogP contribution is -2.47. The average molecular weight is 406 g/mol. The summed E-state index contributed by atoms with van der Waals surface area (Å²) in [5, 5.41) is 8.58. The predicted octanol–water partition coefficient (Wildman–Crippen LogP) is 1.72. The van der Waals surface area contributed by atoms with Gasteiger partial charge in [-0.1, -0.05) is 48.5 Å². The molecule has 30 heavy (non-hydrogen) atoms. The second-order valence-corrected chi connectivity index (χ2v) is 7.61. The standard InChI is InChI=1S/C23H26N4O3/c1-17-20-9-5-6-10-21(20)23(29)27(25-17)16-22(28)24-13-19-15-26(11-12-30-19)14-18-7-3-2-4-8-18/h2-10,19H,11-16H2,1H3,(H,24,28). The van der Waals surface area contributed by atoms with Crippen LogP contribution in [0.4, 0.5) is 0 Å². The molecule has 1 aromatic heterocycles. The van der Waals surface area contributed by atoms with E-state index < -0.39 is 0 Å². The molecule has 4 rings (SSSR count). The summed E-state index contributed by atoms with van der Waals surface area (Å²) in [5.74, 6) is -0.247. The van der Waals surface area contributed by atoms with Gasteiger partial charge in [-0.25, -0.2) is 4.68 Å². The van der Waals surface area contributed by atoms with Crippen molar-refractivity contribution in [3.8, 4) is 0 Å². The summed E-state index contributed by atoms with van der Waals surface area (Å²) < 4.78 is 7.04. The highest BCUT2D eigenvalue weighted by molar-refractivity contribution is 5.83. The van der Waals surface area contributed by atoms with E-state index in [0.717, 1.165) is 30.7 Å². The molecule has 3 aromatic rings. The Morgan fingerprint density at radius 3 is 2.67 bits per heavy atom. The maximum absolute atomic E-state index is 12.6. The van der Waals surface area contributed by atoms with Crippen LogP contribution in [0.1, 0.15) is 11.3 Å². The van der Waals surface area contributed by atoms with E-state index in [1.165, 1.54) is 10.2 Å². The van der Waals surface area contributed by atoms with Gasteiger partial charge in [-0.2, -0.15) is 5.10 Å². The third kappa shape index (κ3) is 4.75. The smallest absolute Gasteiger partial charge is 0.275 e. The van der Waals surface area contributed by atoms with Crippen LogP contribution in [0.5, 0.6) is 0 Å². The first-order valence-corrected chi connectivity index (χ1v) is 10.2. The number of aryl methyl sites for hydroxylation is 1. The first-order valence-electron chi connectivity index (χ1n) is 10.2. The summed E-state index contributed by atoms with van der Waals surface area (Å²) in [6.07, 6.45) is -0.0746. The predicted molar refractivity (Wildman–Crippen MR) is 115 cm³/mol. The molecule has 1 aliphatic rings. The van der Waals surface area contributed by atoms with Gasteiger partial charge in [0.1, 0.15) is 6.54 Å². The van der Waals surface area contributed by atoms with Crippen LogP contribution in [-0.4, -0.2) is 52.9 Å². The number of morpholine rings is 1. The Morgan fingerprint density at radius 2 is 1.87 bits per heavy atom. The second-order valence-electron chi connectivity index (χ2n) is 7.61. The van der Waals surface area contributed by atoms with E-state index in [9.17, 15) is 9.59 Å². The summed E-state index contributed by atoms with van der Waals surface area (Å²) in [5.41, 5.74) is 1.73. The van der Waals surface area contributed by atoms with Crippen molar-refractivity contribution in [1.82, 2.24) is 20.0 Å². The number of nitrogens with zero attached hydrogens (tertiary/aromatic N) is 3. The van der Waals surface area contributed by atoms with Crippen molar-refractivity contribution in [2.45, 2.75) is 26.1 Å². The van der Waals surface area contributed by atoms with E-state index in [2.05, 4.69) is 27.4 Å². The van der Waals surface area contributed by atoms with Gasteiger partial charge in [0.15, 0.2) is 0 Å². The van der Waals surface area contributed by atoms with E-state index in [-0.39, 0.29) is 24.1 Å². The minimum atomic E-state index is -0.255. The highest BCUT2D eigenvalue weighted by Gasteiger charge is 2.21. The van der Waals surface area contributed by atoms with Crippen molar-refractivity contribution in [2.75, 3.05) is 26.2 Å². The Bertz CT molecular complexity index is 1080. The van der Waals surface area contributed by atoms with Crippen molar-refractivity contribution in [3.63, 3.8) is 0 Å². The van der Waals surface area contributed by atoms with Gasteiger partial charge in [0.05, 0.1) is 23.8 Å². The molecule has 0 radical (unpaired) electrons. The van der Waals surface area contributed by atoms with E-state index in [4.69, 9.17) is 4.74 Å². The molecule has 0 saturated carbocycles. The minimum absolute atomic E-state index is 0.0746. The number of hydrogen-bond donors (Lipinski definition) is 1. The molecule has 1 fully saturated rings. The van der Waals surface area contributed by atoms with Crippen LogP contribution in [-0.2, 0) is 22.6 Å². The highest BCUT2D eigenvalue weighted by Crippen LogP contribution is 2.12. The van der Waals surface area contributed by atoms with Crippen LogP contribution in [0.3, 0.4) is 0 Å². The monoisotopic (exact) mass is 406 g/mol. The van der Waals surface area contributed by atoms with Crippen LogP contribution in [0.2, 0.25) is 0 Å². The minimum Gasteiger partial charge on any atom is -0.374 e. The number of amides is 1. The lowest BCUT2D eigenvalue weighted by Gasteiger charge is -2.33. The number of hydrogen-bond acceptors (Lipinski definition) is 5. The summed E-state index contributed by atoms with van der Waals surface area (Å²) in [7, 11) is 0. The fourth-order valence-electron chi connectivity index (χ4n) is 3.82. The number of rotatable bonds is 6. The number of ether oxygens (including phenoxy) is 1. The molecule has 0 aliphatic carbocycles. The molecule has 2 heterocycles. The van der Waals surface area contributed by atoms with E-state index in [1.54, 1.807) is 6.07 Å². The van der Waals surface area contributed by atoms with Crippen LogP contribution in [0.15, 0.2) is 59.4 Å². The Kier molecular flexibility index (Phi) is 6.21. The average Bonchev–Trinajstić information content (AvgIpc) is 2.77. The van der Waals surface area contributed by atoms with Crippen molar-refractivity contribution in [2.24, 2.45) is 0 Å². The second kappa shape index (κ2) is 9.19. The number of carbonyl (C=O) groups excluding carboxylic acids is 1. The molecule has 1 atom stereocenters. The molecule has 1 amide bonds. The van der Waals surface area contributed by atoms with Gasteiger partial charge in [-0.15, -0.1) is 0 Å². The molecule has 1 saturated heterocycles. The molecular formula is C23H26N4O3. The van der Waals surface area contributed by atoms with Crippen LogP contribution in [0, 0.1) is 6.92 Å². The molecular weight excluding hydrogens is 380 g/mol. The molecule has 7 heteroatoms. The van der Waals surface area contributed by atoms with Crippen LogP contribution < -0.4 is 10.9 Å². The zero-order valence-corrected chi connectivity index (χ0v) is 17.1. The lowest BCUT2D eigenvalue weighted by molar-refractivity contribution is -0.123. The fraction of sp³-hybridized carbons (Fsp3) is 0.348. The molecule has 7 nitrogen and oxygen atoms in total.